The standard InChI is InChI=1S/C18H18ClFN4.HI/c1-22-18(23-8-7-13-3-2-4-16(19)9-13)24-12-15-6-5-14(11-21)10-17(15)20;/h2-6,9-10H,7-8,12H2,1H3,(H2,22,23,24);1H. The van der Waals surface area contributed by atoms with Crippen LogP contribution in [0, 0.1) is 17.1 Å². The van der Waals surface area contributed by atoms with Gasteiger partial charge < -0.3 is 10.6 Å². The van der Waals surface area contributed by atoms with Crippen molar-refractivity contribution < 1.29 is 4.39 Å². The minimum atomic E-state index is -0.407. The van der Waals surface area contributed by atoms with Crippen LogP contribution in [0.15, 0.2) is 47.5 Å². The summed E-state index contributed by atoms with van der Waals surface area (Å²) in [5.74, 6) is 0.178. The summed E-state index contributed by atoms with van der Waals surface area (Å²) in [6.45, 7) is 0.963. The zero-order chi connectivity index (χ0) is 17.4. The highest BCUT2D eigenvalue weighted by Crippen LogP contribution is 2.11. The molecule has 0 atom stereocenters. The lowest BCUT2D eigenvalue weighted by atomic mass is 10.1. The lowest BCUT2D eigenvalue weighted by Crippen LogP contribution is -2.38. The summed E-state index contributed by atoms with van der Waals surface area (Å²) in [5, 5.41) is 15.7. The van der Waals surface area contributed by atoms with E-state index in [2.05, 4.69) is 15.6 Å². The zero-order valence-corrected chi connectivity index (χ0v) is 16.8. The number of aliphatic imine (C=N–C) groups is 1. The van der Waals surface area contributed by atoms with Gasteiger partial charge in [-0.3, -0.25) is 4.99 Å². The fourth-order valence-corrected chi connectivity index (χ4v) is 2.39. The van der Waals surface area contributed by atoms with Crippen molar-refractivity contribution in [1.29, 1.82) is 5.26 Å². The van der Waals surface area contributed by atoms with Crippen molar-refractivity contribution in [3.63, 3.8) is 0 Å². The summed E-state index contributed by atoms with van der Waals surface area (Å²) >= 11 is 5.96. The Balaban J connectivity index is 0.00000312. The molecule has 2 rings (SSSR count). The van der Waals surface area contributed by atoms with Crippen LogP contribution in [-0.4, -0.2) is 19.6 Å². The highest BCUT2D eigenvalue weighted by atomic mass is 127. The summed E-state index contributed by atoms with van der Waals surface area (Å²) in [4.78, 5) is 4.11. The number of nitriles is 1. The van der Waals surface area contributed by atoms with E-state index in [0.717, 1.165) is 12.0 Å². The summed E-state index contributed by atoms with van der Waals surface area (Å²) in [5.41, 5.74) is 1.91. The highest BCUT2D eigenvalue weighted by molar-refractivity contribution is 14.0. The molecule has 25 heavy (non-hydrogen) atoms. The van der Waals surface area contributed by atoms with Gasteiger partial charge in [0.25, 0.3) is 0 Å². The van der Waals surface area contributed by atoms with Gasteiger partial charge in [0.15, 0.2) is 5.96 Å². The van der Waals surface area contributed by atoms with E-state index in [-0.39, 0.29) is 30.5 Å². The van der Waals surface area contributed by atoms with Crippen LogP contribution in [-0.2, 0) is 13.0 Å². The molecule has 0 aliphatic heterocycles. The number of halogens is 3. The van der Waals surface area contributed by atoms with Gasteiger partial charge in [-0.05, 0) is 36.2 Å². The number of benzene rings is 2. The van der Waals surface area contributed by atoms with E-state index in [1.54, 1.807) is 19.2 Å². The van der Waals surface area contributed by atoms with Crippen LogP contribution >= 0.6 is 35.6 Å². The van der Waals surface area contributed by atoms with Gasteiger partial charge >= 0.3 is 0 Å². The minimum Gasteiger partial charge on any atom is -0.356 e. The first-order chi connectivity index (χ1) is 11.6. The molecule has 132 valence electrons. The van der Waals surface area contributed by atoms with Gasteiger partial charge in [0.2, 0.25) is 0 Å². The molecule has 0 bridgehead atoms. The van der Waals surface area contributed by atoms with Gasteiger partial charge in [0.05, 0.1) is 11.6 Å². The van der Waals surface area contributed by atoms with Crippen LogP contribution in [0.2, 0.25) is 5.02 Å². The number of rotatable bonds is 5. The van der Waals surface area contributed by atoms with Gasteiger partial charge in [-0.15, -0.1) is 24.0 Å². The van der Waals surface area contributed by atoms with Crippen molar-refractivity contribution in [1.82, 2.24) is 10.6 Å². The molecule has 0 fully saturated rings. The maximum atomic E-state index is 13.8. The third kappa shape index (κ3) is 6.88. The van der Waals surface area contributed by atoms with Crippen LogP contribution < -0.4 is 10.6 Å². The Labute approximate surface area is 169 Å². The quantitative estimate of drug-likeness (QED) is 0.394. The molecule has 0 spiro atoms. The van der Waals surface area contributed by atoms with Crippen LogP contribution in [0.3, 0.4) is 0 Å². The van der Waals surface area contributed by atoms with Crippen molar-refractivity contribution in [3.05, 3.63) is 70.0 Å². The van der Waals surface area contributed by atoms with Gasteiger partial charge in [-0.2, -0.15) is 5.26 Å². The second kappa shape index (κ2) is 10.9. The zero-order valence-electron chi connectivity index (χ0n) is 13.7. The van der Waals surface area contributed by atoms with E-state index in [0.29, 0.717) is 28.7 Å². The highest BCUT2D eigenvalue weighted by Gasteiger charge is 2.05. The fourth-order valence-electron chi connectivity index (χ4n) is 2.18. The molecule has 0 aromatic heterocycles. The first-order valence-electron chi connectivity index (χ1n) is 7.50. The first-order valence-corrected chi connectivity index (χ1v) is 7.87. The van der Waals surface area contributed by atoms with Gasteiger partial charge in [-0.1, -0.05) is 29.8 Å². The Morgan fingerprint density at radius 2 is 2.04 bits per heavy atom. The summed E-state index contributed by atoms with van der Waals surface area (Å²) in [6, 6.07) is 14.0. The molecule has 0 unspecified atom stereocenters. The Kier molecular flexibility index (Phi) is 9.24. The van der Waals surface area contributed by atoms with Gasteiger partial charge in [-0.25, -0.2) is 4.39 Å². The second-order valence-corrected chi connectivity index (χ2v) is 5.59. The van der Waals surface area contributed by atoms with Crippen LogP contribution in [0.1, 0.15) is 16.7 Å². The number of guanidine groups is 1. The number of hydrogen-bond acceptors (Lipinski definition) is 2. The molecule has 0 saturated heterocycles. The smallest absolute Gasteiger partial charge is 0.191 e. The average molecular weight is 473 g/mol. The van der Waals surface area contributed by atoms with Crippen molar-refractivity contribution in [2.24, 2.45) is 4.99 Å². The molecular weight excluding hydrogens is 454 g/mol. The molecule has 0 aliphatic carbocycles. The van der Waals surface area contributed by atoms with Crippen LogP contribution in [0.5, 0.6) is 0 Å². The predicted octanol–water partition coefficient (Wildman–Crippen LogP) is 3.88. The van der Waals surface area contributed by atoms with E-state index in [1.165, 1.54) is 6.07 Å². The average Bonchev–Trinajstić information content (AvgIpc) is 2.58. The third-order valence-corrected chi connectivity index (χ3v) is 3.68. The minimum absolute atomic E-state index is 0. The molecule has 2 aromatic rings. The molecule has 0 saturated carbocycles. The predicted molar refractivity (Wildman–Crippen MR) is 110 cm³/mol. The lowest BCUT2D eigenvalue weighted by Gasteiger charge is -2.12. The summed E-state index contributed by atoms with van der Waals surface area (Å²) in [7, 11) is 1.66. The monoisotopic (exact) mass is 472 g/mol. The van der Waals surface area contributed by atoms with Crippen LogP contribution in [0.4, 0.5) is 4.39 Å². The molecule has 2 aromatic carbocycles. The molecule has 0 heterocycles. The van der Waals surface area contributed by atoms with Crippen molar-refractivity contribution >= 4 is 41.5 Å². The molecule has 0 amide bonds. The molecule has 4 nitrogen and oxygen atoms in total. The van der Waals surface area contributed by atoms with Gasteiger partial charge in [0, 0.05) is 30.7 Å². The SMILES string of the molecule is CN=C(NCCc1cccc(Cl)c1)NCc1ccc(C#N)cc1F.I. The third-order valence-electron chi connectivity index (χ3n) is 3.45. The van der Waals surface area contributed by atoms with Crippen molar-refractivity contribution in [3.8, 4) is 6.07 Å². The number of nitrogens with one attached hydrogen (secondary N) is 2. The maximum Gasteiger partial charge on any atom is 0.191 e. The Morgan fingerprint density at radius 3 is 2.68 bits per heavy atom. The summed E-state index contributed by atoms with van der Waals surface area (Å²) < 4.78 is 13.8. The van der Waals surface area contributed by atoms with Crippen LogP contribution in [0.25, 0.3) is 0 Å². The number of hydrogen-bond donors (Lipinski definition) is 2. The number of nitrogens with zero attached hydrogens (tertiary/aromatic N) is 2. The van der Waals surface area contributed by atoms with Gasteiger partial charge in [0.1, 0.15) is 5.82 Å². The molecule has 0 aliphatic rings. The van der Waals surface area contributed by atoms with E-state index in [9.17, 15) is 4.39 Å². The normalized spacial score (nSPS) is 10.6. The molecule has 0 radical (unpaired) electrons. The summed E-state index contributed by atoms with van der Waals surface area (Å²) in [6.07, 6.45) is 0.798. The molecular formula is C18H19ClFIN4. The maximum absolute atomic E-state index is 13.8. The van der Waals surface area contributed by atoms with E-state index in [4.69, 9.17) is 16.9 Å². The Bertz CT molecular complexity index is 774. The fraction of sp³-hybridized carbons (Fsp3) is 0.222. The first kappa shape index (κ1) is 21.2. The molecule has 2 N–H and O–H groups in total. The molecule has 7 heteroatoms. The Morgan fingerprint density at radius 1 is 1.24 bits per heavy atom. The lowest BCUT2D eigenvalue weighted by molar-refractivity contribution is 0.604. The van der Waals surface area contributed by atoms with E-state index < -0.39 is 5.82 Å². The topological polar surface area (TPSA) is 60.2 Å². The van der Waals surface area contributed by atoms with Crippen molar-refractivity contribution in [2.45, 2.75) is 13.0 Å². The second-order valence-electron chi connectivity index (χ2n) is 5.15. The van der Waals surface area contributed by atoms with E-state index in [1.807, 2.05) is 30.3 Å². The van der Waals surface area contributed by atoms with Crippen molar-refractivity contribution in [2.75, 3.05) is 13.6 Å². The van der Waals surface area contributed by atoms with E-state index >= 15 is 0 Å². The largest absolute Gasteiger partial charge is 0.356 e. The Hall–Kier alpha value is -1.85.